The van der Waals surface area contributed by atoms with Gasteiger partial charge in [0.1, 0.15) is 12.0 Å². The largest absolute Gasteiger partial charge is 0.490 e. The minimum atomic E-state index is -5.67. The van der Waals surface area contributed by atoms with E-state index < -0.39 is 54.0 Å². The molecule has 4 atom stereocenters. The molecule has 41 heavy (non-hydrogen) atoms. The summed E-state index contributed by atoms with van der Waals surface area (Å²) in [5.74, 6) is 9.77. The first kappa shape index (κ1) is 32.5. The summed E-state index contributed by atoms with van der Waals surface area (Å²) in [6.45, 7) is -0.781. The van der Waals surface area contributed by atoms with Gasteiger partial charge in [-0.1, -0.05) is 11.8 Å². The Morgan fingerprint density at radius 2 is 1.90 bits per heavy atom. The molecule has 0 spiro atoms. The Balaban J connectivity index is 1.58. The second-order valence-electron chi connectivity index (χ2n) is 7.89. The molecule has 9 N–H and O–H groups in total. The van der Waals surface area contributed by atoms with Gasteiger partial charge in [-0.15, -0.1) is 0 Å². The molecule has 1 fully saturated rings. The highest BCUT2D eigenvalue weighted by atomic mass is 31.3. The van der Waals surface area contributed by atoms with Crippen LogP contribution in [0.3, 0.4) is 0 Å². The number of nitrogens with one attached hydrogen (secondary N) is 1. The number of rotatable bonds is 11. The van der Waals surface area contributed by atoms with Crippen LogP contribution in [0.4, 0.5) is 5.82 Å². The standard InChI is InChI=1S/C18H23N6O14P3/c19-16-12(2-1-7-21-17(25)11-3-5-14(36-20)22-8-11)9-24(18(26)23-16)15-6-4-13(35-15)10-34-40(30,31)38-41(32,33)37-39(27,28)29/h3,5,8-9,13,15H,4,6-7,10,20H2,(H,21,25)(H,30,31)(H,32,33)(H2,19,23,26)(H2,27,28,29)/t13-,15+/m0/s1. The van der Waals surface area contributed by atoms with Crippen LogP contribution in [0.25, 0.3) is 0 Å². The second kappa shape index (κ2) is 13.3. The number of anilines is 1. The third-order valence-electron chi connectivity index (χ3n) is 4.90. The van der Waals surface area contributed by atoms with Gasteiger partial charge in [0.05, 0.1) is 30.4 Å². The van der Waals surface area contributed by atoms with Gasteiger partial charge in [0.15, 0.2) is 0 Å². The van der Waals surface area contributed by atoms with Crippen LogP contribution in [0.2, 0.25) is 0 Å². The van der Waals surface area contributed by atoms with Crippen molar-refractivity contribution < 1.29 is 60.8 Å². The van der Waals surface area contributed by atoms with Gasteiger partial charge in [-0.2, -0.15) is 19.5 Å². The van der Waals surface area contributed by atoms with E-state index in [1.54, 1.807) is 0 Å². The van der Waals surface area contributed by atoms with Gasteiger partial charge in [-0.05, 0) is 18.9 Å². The predicted molar refractivity (Wildman–Crippen MR) is 134 cm³/mol. The van der Waals surface area contributed by atoms with Crippen molar-refractivity contribution in [3.63, 3.8) is 0 Å². The number of phosphoric acid groups is 3. The monoisotopic (exact) mass is 640 g/mol. The summed E-state index contributed by atoms with van der Waals surface area (Å²) in [6, 6.07) is 2.83. The Morgan fingerprint density at radius 1 is 1.17 bits per heavy atom. The number of hydrogen-bond donors (Lipinski definition) is 7. The van der Waals surface area contributed by atoms with E-state index in [0.717, 1.165) is 4.57 Å². The number of nitrogens with two attached hydrogens (primary N) is 2. The zero-order chi connectivity index (χ0) is 30.4. The average molecular weight is 640 g/mol. The summed E-state index contributed by atoms with van der Waals surface area (Å²) in [5.41, 5.74) is 5.34. The van der Waals surface area contributed by atoms with E-state index in [-0.39, 0.29) is 42.2 Å². The molecule has 1 aliphatic rings. The Kier molecular flexibility index (Phi) is 10.6. The van der Waals surface area contributed by atoms with Crippen LogP contribution in [-0.2, 0) is 31.6 Å². The smallest absolute Gasteiger partial charge is 0.391 e. The number of amides is 1. The highest BCUT2D eigenvalue weighted by molar-refractivity contribution is 7.66. The van der Waals surface area contributed by atoms with Gasteiger partial charge in [0.25, 0.3) is 5.91 Å². The Hall–Kier alpha value is -3.01. The van der Waals surface area contributed by atoms with Crippen molar-refractivity contribution >= 4 is 35.2 Å². The maximum Gasteiger partial charge on any atom is 0.490 e. The van der Waals surface area contributed by atoms with Crippen molar-refractivity contribution in [1.82, 2.24) is 19.9 Å². The van der Waals surface area contributed by atoms with Crippen LogP contribution >= 0.6 is 23.5 Å². The third kappa shape index (κ3) is 10.1. The molecular weight excluding hydrogens is 617 g/mol. The SMILES string of the molecule is NOc1ccc(C(=O)NCC#Cc2cn([C@H]3CC[C@@H](COP(=O)(O)OP(=O)(O)OP(=O)(O)O)O3)c(=O)nc2N)cn1. The summed E-state index contributed by atoms with van der Waals surface area (Å²) in [7, 11) is -16.5. The molecule has 2 aromatic rings. The molecule has 20 nitrogen and oxygen atoms in total. The maximum atomic E-state index is 12.4. The van der Waals surface area contributed by atoms with Crippen LogP contribution < -0.4 is 27.5 Å². The maximum absolute atomic E-state index is 12.4. The van der Waals surface area contributed by atoms with E-state index in [4.69, 9.17) is 26.2 Å². The first-order chi connectivity index (χ1) is 19.1. The average Bonchev–Trinajstić information content (AvgIpc) is 3.33. The normalized spacial score (nSPS) is 19.8. The van der Waals surface area contributed by atoms with E-state index in [1.807, 2.05) is 0 Å². The fourth-order valence-electron chi connectivity index (χ4n) is 3.23. The van der Waals surface area contributed by atoms with Crippen LogP contribution in [0.15, 0.2) is 29.3 Å². The van der Waals surface area contributed by atoms with E-state index in [9.17, 15) is 33.1 Å². The number of phosphoric ester groups is 1. The number of hydrogen-bond acceptors (Lipinski definition) is 14. The molecule has 3 rings (SSSR count). The van der Waals surface area contributed by atoms with E-state index >= 15 is 0 Å². The second-order valence-corrected chi connectivity index (χ2v) is 12.3. The zero-order valence-electron chi connectivity index (χ0n) is 20.5. The number of ether oxygens (including phenoxy) is 1. The molecule has 2 unspecified atom stereocenters. The highest BCUT2D eigenvalue weighted by Crippen LogP contribution is 2.66. The number of pyridine rings is 1. The van der Waals surface area contributed by atoms with Gasteiger partial charge < -0.3 is 40.2 Å². The summed E-state index contributed by atoms with van der Waals surface area (Å²) in [5, 5.41) is 2.54. The van der Waals surface area contributed by atoms with Gasteiger partial charge >= 0.3 is 29.2 Å². The lowest BCUT2D eigenvalue weighted by atomic mass is 10.2. The van der Waals surface area contributed by atoms with E-state index in [1.165, 1.54) is 24.5 Å². The Morgan fingerprint density at radius 3 is 2.54 bits per heavy atom. The fraction of sp³-hybridized carbons (Fsp3) is 0.333. The number of carbonyl (C=O) groups is 1. The zero-order valence-corrected chi connectivity index (χ0v) is 23.2. The quantitative estimate of drug-likeness (QED) is 0.0904. The first-order valence-electron chi connectivity index (χ1n) is 11.0. The minimum absolute atomic E-state index is 0.102. The molecule has 1 aliphatic heterocycles. The fourth-order valence-corrected chi connectivity index (χ4v) is 6.28. The molecule has 2 aromatic heterocycles. The molecule has 0 saturated carbocycles. The highest BCUT2D eigenvalue weighted by Gasteiger charge is 2.41. The number of aromatic nitrogens is 3. The van der Waals surface area contributed by atoms with Crippen molar-refractivity contribution in [2.24, 2.45) is 5.90 Å². The Bertz CT molecular complexity index is 1530. The summed E-state index contributed by atoms with van der Waals surface area (Å²) < 4.78 is 52.5. The van der Waals surface area contributed by atoms with Gasteiger partial charge in [-0.25, -0.2) is 23.5 Å². The molecule has 1 amide bonds. The number of nitrogens with zero attached hydrogens (tertiary/aromatic N) is 3. The van der Waals surface area contributed by atoms with Crippen LogP contribution in [-0.4, -0.2) is 59.3 Å². The van der Waals surface area contributed by atoms with Crippen molar-refractivity contribution in [2.75, 3.05) is 18.9 Å². The summed E-state index contributed by atoms with van der Waals surface area (Å²) in [6.07, 6.45) is 1.04. The van der Waals surface area contributed by atoms with Gasteiger partial charge in [0.2, 0.25) is 5.88 Å². The lowest BCUT2D eigenvalue weighted by Gasteiger charge is -2.19. The predicted octanol–water partition coefficient (Wildman–Crippen LogP) is -0.725. The molecule has 224 valence electrons. The lowest BCUT2D eigenvalue weighted by molar-refractivity contribution is -0.0242. The van der Waals surface area contributed by atoms with Gasteiger partial charge in [0, 0.05) is 18.5 Å². The van der Waals surface area contributed by atoms with E-state index in [2.05, 4.69) is 45.1 Å². The molecule has 0 radical (unpaired) electrons. The minimum Gasteiger partial charge on any atom is -0.391 e. The van der Waals surface area contributed by atoms with Crippen molar-refractivity contribution in [2.45, 2.75) is 25.2 Å². The molecule has 23 heteroatoms. The lowest BCUT2D eigenvalue weighted by Crippen LogP contribution is -2.29. The van der Waals surface area contributed by atoms with Crippen LogP contribution in [0.1, 0.15) is 35.0 Å². The Labute approximate surface area is 230 Å². The van der Waals surface area contributed by atoms with Crippen LogP contribution in [0, 0.1) is 11.8 Å². The molecule has 0 bridgehead atoms. The van der Waals surface area contributed by atoms with E-state index in [0.29, 0.717) is 0 Å². The summed E-state index contributed by atoms with van der Waals surface area (Å²) >= 11 is 0. The van der Waals surface area contributed by atoms with Gasteiger partial charge in [-0.3, -0.25) is 13.9 Å². The third-order valence-corrected chi connectivity index (χ3v) is 8.70. The molecule has 0 aromatic carbocycles. The summed E-state index contributed by atoms with van der Waals surface area (Å²) in [4.78, 5) is 72.4. The molecule has 0 aliphatic carbocycles. The van der Waals surface area contributed by atoms with Crippen molar-refractivity contribution in [3.8, 4) is 17.7 Å². The number of nitrogen functional groups attached to an aromatic ring is 1. The molecule has 1 saturated heterocycles. The first-order valence-corrected chi connectivity index (χ1v) is 15.5. The van der Waals surface area contributed by atoms with Crippen molar-refractivity contribution in [1.29, 1.82) is 0 Å². The molecule has 3 heterocycles. The van der Waals surface area contributed by atoms with Crippen molar-refractivity contribution in [3.05, 3.63) is 46.1 Å². The number of carbonyl (C=O) groups excluding carboxylic acids is 1. The topological polar surface area (TPSA) is 307 Å². The van der Waals surface area contributed by atoms with Crippen LogP contribution in [0.5, 0.6) is 5.88 Å². The molecular formula is C18H23N6O14P3.